The van der Waals surface area contributed by atoms with Crippen LogP contribution in [-0.2, 0) is 45.3 Å². The Bertz CT molecular complexity index is 1280. The second-order valence-corrected chi connectivity index (χ2v) is 84.2. The minimum atomic E-state index is -3.67. The van der Waals surface area contributed by atoms with Gasteiger partial charge in [0.05, 0.1) is 0 Å². The molecule has 0 radical (unpaired) electrons. The first-order chi connectivity index (χ1) is 24.2. The maximum atomic E-state index is 8.03. The van der Waals surface area contributed by atoms with Crippen LogP contribution in [0.3, 0.4) is 0 Å². The van der Waals surface area contributed by atoms with E-state index in [-0.39, 0.29) is 38.8 Å². The van der Waals surface area contributed by atoms with E-state index in [1.54, 1.807) is 0 Å². The zero-order valence-corrected chi connectivity index (χ0v) is 48.4. The average molecular weight is 1170 g/mol. The summed E-state index contributed by atoms with van der Waals surface area (Å²) in [7, 11) is -25.4. The first-order valence-corrected chi connectivity index (χ1v) is 62.4. The molecule has 52 heavy (non-hydrogen) atoms. The third-order valence-corrected chi connectivity index (χ3v) is 68.7. The maximum absolute atomic E-state index is 8.03. The Labute approximate surface area is 332 Å². The number of hydrogen-bond acceptors (Lipinski definition) is 12. The van der Waals surface area contributed by atoms with Crippen LogP contribution in [0.1, 0.15) is 89.9 Å². The van der Waals surface area contributed by atoms with E-state index in [2.05, 4.69) is 44.5 Å². The summed E-state index contributed by atoms with van der Waals surface area (Å²) in [6, 6.07) is 0. The van der Waals surface area contributed by atoms with Crippen molar-refractivity contribution < 1.29 is 45.3 Å². The molecule has 4 bridgehead atoms. The van der Waals surface area contributed by atoms with Gasteiger partial charge in [-0.15, -0.1) is 0 Å². The van der Waals surface area contributed by atoms with Gasteiger partial charge in [-0.3, -0.25) is 0 Å². The molecule has 0 unspecified atom stereocenters. The van der Waals surface area contributed by atoms with E-state index < -0.39 is 118 Å². The van der Waals surface area contributed by atoms with Crippen molar-refractivity contribution in [1.82, 2.24) is 0 Å². The molecule has 3 saturated heterocycles. The molecule has 0 aromatic rings. The van der Waals surface area contributed by atoms with Crippen LogP contribution in [0.2, 0.25) is 83.2 Å². The van der Waals surface area contributed by atoms with E-state index >= 15 is 0 Å². The summed E-state index contributed by atoms with van der Waals surface area (Å²) in [5.41, 5.74) is 1.10. The number of hydrogen-bond donors (Lipinski definition) is 0. The van der Waals surface area contributed by atoms with Gasteiger partial charge in [0.15, 0.2) is 0 Å². The Kier molecular flexibility index (Phi) is 9.70. The van der Waals surface area contributed by atoms with Crippen molar-refractivity contribution in [2.45, 2.75) is 173 Å². The average Bonchev–Trinajstić information content (AvgIpc) is 3.82. The molecule has 0 aromatic heterocycles. The normalized spacial score (nSPS) is 47.7. The summed E-state index contributed by atoms with van der Waals surface area (Å²) in [6.07, 6.45) is 14.1. The first kappa shape index (κ1) is 39.6. The van der Waals surface area contributed by atoms with Gasteiger partial charge in [0.1, 0.15) is 0 Å². The predicted molar refractivity (Wildman–Crippen MR) is 214 cm³/mol. The summed E-state index contributed by atoms with van der Waals surface area (Å²) in [5.74, 6) is 0. The van der Waals surface area contributed by atoms with E-state index in [1.807, 2.05) is 0 Å². The van der Waals surface area contributed by atoms with Crippen LogP contribution in [0.15, 0.2) is 0 Å². The van der Waals surface area contributed by atoms with Gasteiger partial charge in [-0.2, -0.15) is 0 Å². The summed E-state index contributed by atoms with van der Waals surface area (Å²) < 4.78 is 95.0. The third kappa shape index (κ3) is 7.67. The van der Waals surface area contributed by atoms with Gasteiger partial charge in [0.2, 0.25) is 0 Å². The Balaban J connectivity index is 1.25. The number of fused-ring (bicyclic) bond motifs is 3. The summed E-state index contributed by atoms with van der Waals surface area (Å²) in [5, 5.41) is 0. The van der Waals surface area contributed by atoms with Crippen molar-refractivity contribution in [3.05, 3.63) is 0 Å². The third-order valence-electron chi connectivity index (χ3n) is 11.4. The standard InChI is InChI=1S/C21H35O12Si7.9CH3.3Sn/c22-34(15-1-2-15)25-37(18-7-8-18)27-35(23,16-3-4-16)29-39(20-11-12-20)30-36(24,17-5-6-17)28-38(26-34,19-9-10-19)32-40(31-37,33-39)21-13-14-21;;;;;;;;;;;;/h15-21H,1-14H2;9*1H3;;;/q-3;;;;;;;;;;3*+1. The van der Waals surface area contributed by atoms with Crippen LogP contribution < -0.4 is 0 Å². The monoisotopic (exact) mass is 1170 g/mol. The quantitative estimate of drug-likeness (QED) is 0.165. The molecule has 0 spiro atoms. The Morgan fingerprint density at radius 3 is 0.615 bits per heavy atom. The molecular formula is C30H62O12Si7Sn3. The molecule has 12 nitrogen and oxygen atoms in total. The van der Waals surface area contributed by atoms with Crippen LogP contribution in [0.5, 0.6) is 0 Å². The molecule has 0 amide bonds. The number of rotatable bonds is 13. The fraction of sp³-hybridized carbons (Fsp3) is 1.00. The second kappa shape index (κ2) is 12.7. The molecule has 3 aliphatic heterocycles. The molecule has 0 aromatic carbocycles. The SMILES string of the molecule is [CH3][Sn]([CH3])([CH3])[O][Si]1(C2CC2)O[Si]2(C3CC3)O[Si]3(C4CC4)O[Si](C4CC4)(O1)O[Si]([O][Sn]([CH3])([CH3])[CH3])(C1CC1)O[Si](C1CC1)(O3)O[Si]([O][Sn]([CH3])([CH3])[CH3])(C1CC1)O2. The molecule has 10 rings (SSSR count). The molecule has 0 N–H and O–H groups in total. The Morgan fingerprint density at radius 1 is 0.288 bits per heavy atom. The predicted octanol–water partition coefficient (Wildman–Crippen LogP) is 8.45. The molecule has 7 saturated carbocycles. The van der Waals surface area contributed by atoms with Crippen molar-refractivity contribution in [3.63, 3.8) is 0 Å². The van der Waals surface area contributed by atoms with E-state index in [9.17, 15) is 0 Å². The first-order valence-electron chi connectivity index (χ1n) is 20.6. The van der Waals surface area contributed by atoms with Crippen LogP contribution >= 0.6 is 0 Å². The van der Waals surface area contributed by atoms with Gasteiger partial charge in [0.25, 0.3) is 0 Å². The topological polar surface area (TPSA) is 111 Å². The molecule has 3 heterocycles. The van der Waals surface area contributed by atoms with Crippen LogP contribution in [0.25, 0.3) is 0 Å². The second-order valence-electron chi connectivity index (χ2n) is 20.7. The zero-order chi connectivity index (χ0) is 36.4. The Hall–Kier alpha value is 3.43. The van der Waals surface area contributed by atoms with Gasteiger partial charge in [0, 0.05) is 0 Å². The van der Waals surface area contributed by atoms with Crippen molar-refractivity contribution in [1.29, 1.82) is 0 Å². The summed E-state index contributed by atoms with van der Waals surface area (Å²) in [4.78, 5) is 21.0. The van der Waals surface area contributed by atoms with Crippen LogP contribution in [-0.4, -0.2) is 118 Å². The Morgan fingerprint density at radius 2 is 0.462 bits per heavy atom. The van der Waals surface area contributed by atoms with Gasteiger partial charge in [-0.25, -0.2) is 0 Å². The fourth-order valence-electron chi connectivity index (χ4n) is 8.31. The van der Waals surface area contributed by atoms with Gasteiger partial charge >= 0.3 is 336 Å². The fourth-order valence-corrected chi connectivity index (χ4v) is 85.5. The molecule has 294 valence electrons. The molecule has 0 atom stereocenters. The van der Waals surface area contributed by atoms with Gasteiger partial charge in [-0.1, -0.05) is 0 Å². The molecule has 10 aliphatic rings. The minimum absolute atomic E-state index is 0.134. The molecule has 7 aliphatic carbocycles. The summed E-state index contributed by atoms with van der Waals surface area (Å²) in [6.45, 7) is 0. The summed E-state index contributed by atoms with van der Waals surface area (Å²) >= 11 is -9.40. The molecular weight excluding hydrogens is 1110 g/mol. The molecule has 22 heteroatoms. The van der Waals surface area contributed by atoms with Crippen LogP contribution in [0.4, 0.5) is 0 Å². The van der Waals surface area contributed by atoms with E-state index in [4.69, 9.17) is 45.3 Å². The van der Waals surface area contributed by atoms with E-state index in [1.165, 1.54) is 0 Å². The van der Waals surface area contributed by atoms with Gasteiger partial charge < -0.3 is 0 Å². The van der Waals surface area contributed by atoms with E-state index in [0.29, 0.717) is 0 Å². The van der Waals surface area contributed by atoms with E-state index in [0.717, 1.165) is 89.9 Å². The van der Waals surface area contributed by atoms with Crippen molar-refractivity contribution in [3.8, 4) is 0 Å². The van der Waals surface area contributed by atoms with Crippen molar-refractivity contribution in [2.75, 3.05) is 0 Å². The van der Waals surface area contributed by atoms with Crippen molar-refractivity contribution >= 4 is 118 Å². The van der Waals surface area contributed by atoms with Crippen molar-refractivity contribution in [2.24, 2.45) is 0 Å². The van der Waals surface area contributed by atoms with Crippen LogP contribution in [0, 0.1) is 0 Å². The molecule has 10 fully saturated rings. The zero-order valence-electron chi connectivity index (χ0n) is 32.8. The van der Waals surface area contributed by atoms with Gasteiger partial charge in [-0.05, 0) is 0 Å².